The average molecular weight is 347 g/mol. The Kier molecular flexibility index (Phi) is 5.81. The molecule has 19 heavy (non-hydrogen) atoms. The van der Waals surface area contributed by atoms with Gasteiger partial charge in [0.15, 0.2) is 0 Å². The Labute approximate surface area is 126 Å². The fraction of sp³-hybridized carbons (Fsp3) is 0.615. The predicted octanol–water partition coefficient (Wildman–Crippen LogP) is 2.48. The monoisotopic (exact) mass is 346 g/mol. The fourth-order valence-corrected chi connectivity index (χ4v) is 3.29. The van der Waals surface area contributed by atoms with Gasteiger partial charge in [-0.05, 0) is 47.8 Å². The van der Waals surface area contributed by atoms with Crippen LogP contribution in [0.5, 0.6) is 0 Å². The summed E-state index contributed by atoms with van der Waals surface area (Å²) in [6.07, 6.45) is 3.02. The second kappa shape index (κ2) is 7.38. The molecule has 1 aromatic heterocycles. The minimum atomic E-state index is 0.127. The summed E-state index contributed by atoms with van der Waals surface area (Å²) in [6, 6.07) is 1.89. The maximum Gasteiger partial charge on any atom is 0.254 e. The first kappa shape index (κ1) is 15.0. The molecular weight excluding hydrogens is 328 g/mol. The van der Waals surface area contributed by atoms with Gasteiger partial charge in [-0.3, -0.25) is 4.79 Å². The quantitative estimate of drug-likeness (QED) is 0.833. The first-order chi connectivity index (χ1) is 9.20. The van der Waals surface area contributed by atoms with Gasteiger partial charge in [-0.1, -0.05) is 0 Å². The number of amides is 1. The van der Waals surface area contributed by atoms with Gasteiger partial charge in [0.2, 0.25) is 0 Å². The third-order valence-electron chi connectivity index (χ3n) is 3.25. The zero-order valence-corrected chi connectivity index (χ0v) is 13.2. The second-order valence-electron chi connectivity index (χ2n) is 4.64. The lowest BCUT2D eigenvalue weighted by molar-refractivity contribution is 0.00846. The maximum absolute atomic E-state index is 12.2. The topological polar surface area (TPSA) is 55.6 Å². The van der Waals surface area contributed by atoms with Crippen LogP contribution < -0.4 is 5.73 Å². The highest BCUT2D eigenvalue weighted by molar-refractivity contribution is 9.11. The molecule has 1 saturated heterocycles. The first-order valence-corrected chi connectivity index (χ1v) is 8.23. The van der Waals surface area contributed by atoms with Crippen molar-refractivity contribution in [3.05, 3.63) is 20.8 Å². The van der Waals surface area contributed by atoms with Gasteiger partial charge >= 0.3 is 0 Å². The highest BCUT2D eigenvalue weighted by Gasteiger charge is 2.24. The van der Waals surface area contributed by atoms with Gasteiger partial charge < -0.3 is 15.4 Å². The summed E-state index contributed by atoms with van der Waals surface area (Å²) in [4.78, 5) is 14.1. The summed E-state index contributed by atoms with van der Waals surface area (Å²) in [5.74, 6) is 0.127. The SMILES string of the molecule is NCCCOC1CCN(C(=O)c2csc(Br)c2)CC1. The lowest BCUT2D eigenvalue weighted by Crippen LogP contribution is -2.40. The van der Waals surface area contributed by atoms with Gasteiger partial charge in [0.05, 0.1) is 15.5 Å². The summed E-state index contributed by atoms with van der Waals surface area (Å²) in [5, 5.41) is 1.90. The van der Waals surface area contributed by atoms with E-state index in [1.807, 2.05) is 16.3 Å². The molecule has 1 aromatic rings. The van der Waals surface area contributed by atoms with E-state index in [-0.39, 0.29) is 12.0 Å². The number of piperidine rings is 1. The number of carbonyl (C=O) groups is 1. The lowest BCUT2D eigenvalue weighted by Gasteiger charge is -2.31. The Morgan fingerprint density at radius 2 is 2.26 bits per heavy atom. The van der Waals surface area contributed by atoms with Gasteiger partial charge in [-0.15, -0.1) is 11.3 Å². The van der Waals surface area contributed by atoms with Crippen LogP contribution >= 0.6 is 27.3 Å². The normalized spacial score (nSPS) is 16.8. The molecule has 2 rings (SSSR count). The number of likely N-dealkylation sites (tertiary alicyclic amines) is 1. The molecule has 0 bridgehead atoms. The van der Waals surface area contributed by atoms with Crippen LogP contribution in [0.15, 0.2) is 15.2 Å². The number of ether oxygens (including phenoxy) is 1. The molecule has 2 N–H and O–H groups in total. The summed E-state index contributed by atoms with van der Waals surface area (Å²) in [6.45, 7) is 2.95. The second-order valence-corrected chi connectivity index (χ2v) is 6.93. The van der Waals surface area contributed by atoms with Gasteiger partial charge in [-0.25, -0.2) is 0 Å². The Hall–Kier alpha value is -0.430. The molecule has 0 unspecified atom stereocenters. The van der Waals surface area contributed by atoms with Crippen molar-refractivity contribution in [1.82, 2.24) is 4.90 Å². The van der Waals surface area contributed by atoms with Crippen LogP contribution in [0.1, 0.15) is 29.6 Å². The smallest absolute Gasteiger partial charge is 0.254 e. The van der Waals surface area contributed by atoms with Crippen LogP contribution in [-0.2, 0) is 4.74 Å². The van der Waals surface area contributed by atoms with E-state index in [1.54, 1.807) is 11.3 Å². The number of nitrogens with two attached hydrogens (primary N) is 1. The van der Waals surface area contributed by atoms with Gasteiger partial charge in [0.1, 0.15) is 0 Å². The summed E-state index contributed by atoms with van der Waals surface area (Å²) in [7, 11) is 0. The van der Waals surface area contributed by atoms with Gasteiger partial charge in [0.25, 0.3) is 5.91 Å². The van der Waals surface area contributed by atoms with Crippen molar-refractivity contribution in [3.63, 3.8) is 0 Å². The highest BCUT2D eigenvalue weighted by Crippen LogP contribution is 2.23. The molecule has 0 spiro atoms. The van der Waals surface area contributed by atoms with Crippen LogP contribution in [0.3, 0.4) is 0 Å². The van der Waals surface area contributed by atoms with Crippen LogP contribution in [0.4, 0.5) is 0 Å². The Bertz CT molecular complexity index is 417. The van der Waals surface area contributed by atoms with E-state index in [4.69, 9.17) is 10.5 Å². The van der Waals surface area contributed by atoms with Crippen LogP contribution in [-0.4, -0.2) is 43.2 Å². The van der Waals surface area contributed by atoms with Crippen molar-refractivity contribution in [2.45, 2.75) is 25.4 Å². The molecule has 1 fully saturated rings. The molecule has 0 radical (unpaired) electrons. The number of carbonyl (C=O) groups excluding carboxylic acids is 1. The largest absolute Gasteiger partial charge is 0.378 e. The number of nitrogens with zero attached hydrogens (tertiary/aromatic N) is 1. The Balaban J connectivity index is 1.78. The summed E-state index contributed by atoms with van der Waals surface area (Å²) in [5.41, 5.74) is 6.21. The molecule has 1 aliphatic heterocycles. The van der Waals surface area contributed by atoms with Crippen molar-refractivity contribution < 1.29 is 9.53 Å². The number of hydrogen-bond donors (Lipinski definition) is 1. The Morgan fingerprint density at radius 1 is 1.53 bits per heavy atom. The van der Waals surface area contributed by atoms with Crippen LogP contribution in [0.25, 0.3) is 0 Å². The molecule has 0 atom stereocenters. The molecule has 6 heteroatoms. The molecule has 4 nitrogen and oxygen atoms in total. The third kappa shape index (κ3) is 4.27. The minimum absolute atomic E-state index is 0.127. The van der Waals surface area contributed by atoms with Gasteiger partial charge in [-0.2, -0.15) is 0 Å². The van der Waals surface area contributed by atoms with Crippen LogP contribution in [0.2, 0.25) is 0 Å². The molecule has 2 heterocycles. The van der Waals surface area contributed by atoms with E-state index in [9.17, 15) is 4.79 Å². The molecule has 106 valence electrons. The van der Waals surface area contributed by atoms with Crippen molar-refractivity contribution in [1.29, 1.82) is 0 Å². The fourth-order valence-electron chi connectivity index (χ4n) is 2.16. The Morgan fingerprint density at radius 3 is 2.84 bits per heavy atom. The molecule has 0 aliphatic carbocycles. The number of hydrogen-bond acceptors (Lipinski definition) is 4. The van der Waals surface area contributed by atoms with E-state index in [1.165, 1.54) is 0 Å². The number of thiophene rings is 1. The molecule has 1 aliphatic rings. The number of halogens is 1. The van der Waals surface area contributed by atoms with Crippen molar-refractivity contribution >= 4 is 33.2 Å². The number of rotatable bonds is 5. The standard InChI is InChI=1S/C13H19BrN2O2S/c14-12-8-10(9-19-12)13(17)16-5-2-11(3-6-16)18-7-1-4-15/h8-9,11H,1-7,15H2. The van der Waals surface area contributed by atoms with Crippen LogP contribution in [0, 0.1) is 0 Å². The molecule has 0 aromatic carbocycles. The van der Waals surface area contributed by atoms with Gasteiger partial charge in [0, 0.05) is 25.1 Å². The van der Waals surface area contributed by atoms with E-state index < -0.39 is 0 Å². The van der Waals surface area contributed by atoms with Crippen molar-refractivity contribution in [3.8, 4) is 0 Å². The zero-order chi connectivity index (χ0) is 13.7. The summed E-state index contributed by atoms with van der Waals surface area (Å²) >= 11 is 4.93. The van der Waals surface area contributed by atoms with E-state index in [0.29, 0.717) is 6.54 Å². The molecular formula is C13H19BrN2O2S. The summed E-state index contributed by atoms with van der Waals surface area (Å²) < 4.78 is 6.73. The highest BCUT2D eigenvalue weighted by atomic mass is 79.9. The average Bonchev–Trinajstić information content (AvgIpc) is 2.86. The van der Waals surface area contributed by atoms with E-state index in [0.717, 1.165) is 48.3 Å². The predicted molar refractivity (Wildman–Crippen MR) is 80.6 cm³/mol. The zero-order valence-electron chi connectivity index (χ0n) is 10.8. The maximum atomic E-state index is 12.2. The molecule has 1 amide bonds. The van der Waals surface area contributed by atoms with E-state index in [2.05, 4.69) is 15.9 Å². The van der Waals surface area contributed by atoms with Crippen molar-refractivity contribution in [2.75, 3.05) is 26.2 Å². The van der Waals surface area contributed by atoms with Crippen molar-refractivity contribution in [2.24, 2.45) is 5.73 Å². The molecule has 0 saturated carbocycles. The lowest BCUT2D eigenvalue weighted by atomic mass is 10.1. The first-order valence-electron chi connectivity index (χ1n) is 6.55. The third-order valence-corrected chi connectivity index (χ3v) is 4.75. The van der Waals surface area contributed by atoms with E-state index >= 15 is 0 Å². The minimum Gasteiger partial charge on any atom is -0.378 e.